The molecule has 1 saturated heterocycles. The molecule has 0 amide bonds. The summed E-state index contributed by atoms with van der Waals surface area (Å²) in [5, 5.41) is 11.6. The molecule has 0 aromatic heterocycles. The highest BCUT2D eigenvalue weighted by Crippen LogP contribution is 2.36. The van der Waals surface area contributed by atoms with Crippen LogP contribution in [0.15, 0.2) is 88.0 Å². The van der Waals surface area contributed by atoms with Crippen LogP contribution < -0.4 is 11.2 Å². The van der Waals surface area contributed by atoms with Crippen molar-refractivity contribution in [3.05, 3.63) is 106 Å². The second kappa shape index (κ2) is 16.1. The predicted molar refractivity (Wildman–Crippen MR) is 176 cm³/mol. The Morgan fingerprint density at radius 2 is 1.60 bits per heavy atom. The molecule has 266 valence electrons. The fourth-order valence-corrected chi connectivity index (χ4v) is 5.86. The van der Waals surface area contributed by atoms with E-state index in [0.717, 1.165) is 19.6 Å². The molecular formula is C34H33ClF6N6O3. The summed E-state index contributed by atoms with van der Waals surface area (Å²) in [5.41, 5.74) is -2.99. The highest BCUT2D eigenvalue weighted by atomic mass is 35.5. The van der Waals surface area contributed by atoms with Crippen molar-refractivity contribution in [2.45, 2.75) is 25.0 Å². The maximum absolute atomic E-state index is 14.5. The summed E-state index contributed by atoms with van der Waals surface area (Å²) in [4.78, 5) is 26.9. The Morgan fingerprint density at radius 3 is 2.22 bits per heavy atom. The monoisotopic (exact) mass is 722 g/mol. The molecule has 0 spiro atoms. The van der Waals surface area contributed by atoms with Crippen molar-refractivity contribution < 1.29 is 40.7 Å². The van der Waals surface area contributed by atoms with Gasteiger partial charge in [0.05, 0.1) is 36.6 Å². The Balaban J connectivity index is 1.48. The average molecular weight is 723 g/mol. The van der Waals surface area contributed by atoms with Crippen LogP contribution >= 0.6 is 11.6 Å². The Kier molecular flexibility index (Phi) is 11.9. The number of halogens is 7. The van der Waals surface area contributed by atoms with Crippen molar-refractivity contribution in [3.8, 4) is 0 Å². The quantitative estimate of drug-likeness (QED) is 0.0829. The number of hydrogen-bond donors (Lipinski definition) is 2. The molecular weight excluding hydrogens is 690 g/mol. The van der Waals surface area contributed by atoms with Crippen molar-refractivity contribution in [1.29, 1.82) is 0 Å². The minimum atomic E-state index is -5.05. The fraction of sp³-hybridized carbons (Fsp3) is 0.353. The Morgan fingerprint density at radius 1 is 0.960 bits per heavy atom. The van der Waals surface area contributed by atoms with Crippen molar-refractivity contribution in [3.63, 3.8) is 0 Å². The highest BCUT2D eigenvalue weighted by molar-refractivity contribution is 6.72. The first kappa shape index (κ1) is 37.0. The second-order valence-corrected chi connectivity index (χ2v) is 11.9. The van der Waals surface area contributed by atoms with Gasteiger partial charge in [0.1, 0.15) is 11.6 Å². The molecule has 3 N–H and O–H groups in total. The Hall–Kier alpha value is -4.31. The van der Waals surface area contributed by atoms with Crippen LogP contribution in [0.5, 0.6) is 0 Å². The van der Waals surface area contributed by atoms with Crippen molar-refractivity contribution >= 4 is 34.5 Å². The molecule has 0 aliphatic carbocycles. The molecule has 3 aromatic rings. The summed E-state index contributed by atoms with van der Waals surface area (Å²) in [5.74, 6) is 4.02. The number of ketones is 1. The van der Waals surface area contributed by atoms with E-state index in [0.29, 0.717) is 48.0 Å². The molecule has 2 heterocycles. The number of carbonyl (C=O) groups excluding carboxylic acids is 1. The Bertz CT molecular complexity index is 1710. The molecule has 2 unspecified atom stereocenters. The summed E-state index contributed by atoms with van der Waals surface area (Å²) < 4.78 is 86.9. The van der Waals surface area contributed by atoms with E-state index in [2.05, 4.69) is 25.5 Å². The van der Waals surface area contributed by atoms with E-state index in [-0.39, 0.29) is 29.7 Å². The van der Waals surface area contributed by atoms with Crippen LogP contribution in [-0.4, -0.2) is 79.9 Å². The number of alkyl halides is 6. The van der Waals surface area contributed by atoms with Crippen LogP contribution in [-0.2, 0) is 33.3 Å². The summed E-state index contributed by atoms with van der Waals surface area (Å²) in [7, 11) is 0. The summed E-state index contributed by atoms with van der Waals surface area (Å²) in [6.45, 7) is 3.66. The van der Waals surface area contributed by atoms with Crippen molar-refractivity contribution in [1.82, 2.24) is 10.2 Å². The minimum Gasteiger partial charge on any atom is -0.390 e. The topological polar surface area (TPSA) is 114 Å². The number of hydrogen-bond acceptors (Lipinski definition) is 9. The van der Waals surface area contributed by atoms with Gasteiger partial charge >= 0.3 is 12.4 Å². The lowest BCUT2D eigenvalue weighted by atomic mass is 9.84. The summed E-state index contributed by atoms with van der Waals surface area (Å²) in [6, 6.07) is 15.9. The maximum atomic E-state index is 14.5. The maximum Gasteiger partial charge on any atom is 0.416 e. The van der Waals surface area contributed by atoms with Gasteiger partial charge < -0.3 is 20.7 Å². The molecule has 1 fully saturated rings. The van der Waals surface area contributed by atoms with Gasteiger partial charge in [0.15, 0.2) is 17.6 Å². The van der Waals surface area contributed by atoms with Crippen LogP contribution in [0.3, 0.4) is 0 Å². The SMILES string of the molecule is NN=C(C(=O)C1C(c2ccccc2Cl)=NOC1CNCCN1CCOCC1)C(=NCc1cc(C(F)(F)F)cc(C(F)(F)F)c1)c1ccccc1. The predicted octanol–water partition coefficient (Wildman–Crippen LogP) is 5.59. The van der Waals surface area contributed by atoms with Gasteiger partial charge in [-0.3, -0.25) is 14.7 Å². The zero-order valence-corrected chi connectivity index (χ0v) is 27.2. The largest absolute Gasteiger partial charge is 0.416 e. The lowest BCUT2D eigenvalue weighted by molar-refractivity contribution is -0.143. The number of nitrogens with zero attached hydrogens (tertiary/aromatic N) is 4. The number of Topliss-reactive ketones (excluding diaryl/α,β-unsaturated/α-hetero) is 1. The lowest BCUT2D eigenvalue weighted by Gasteiger charge is -2.27. The highest BCUT2D eigenvalue weighted by Gasteiger charge is 2.44. The number of morpholine rings is 1. The smallest absolute Gasteiger partial charge is 0.390 e. The van der Waals surface area contributed by atoms with Crippen LogP contribution in [0.25, 0.3) is 0 Å². The second-order valence-electron chi connectivity index (χ2n) is 11.5. The van der Waals surface area contributed by atoms with E-state index >= 15 is 0 Å². The first-order valence-corrected chi connectivity index (χ1v) is 15.9. The Labute approximate surface area is 288 Å². The number of nitrogens with one attached hydrogen (secondary N) is 1. The van der Waals surface area contributed by atoms with Crippen LogP contribution in [0.4, 0.5) is 26.3 Å². The summed E-state index contributed by atoms with van der Waals surface area (Å²) >= 11 is 6.50. The molecule has 2 aliphatic rings. The van der Waals surface area contributed by atoms with Crippen LogP contribution in [0.2, 0.25) is 5.02 Å². The van der Waals surface area contributed by atoms with E-state index in [1.54, 1.807) is 54.6 Å². The molecule has 16 heteroatoms. The number of benzene rings is 3. The minimum absolute atomic E-state index is 0.0341. The van der Waals surface area contributed by atoms with Crippen LogP contribution in [0, 0.1) is 5.92 Å². The van der Waals surface area contributed by atoms with Crippen molar-refractivity contribution in [2.75, 3.05) is 45.9 Å². The number of hydrazone groups is 1. The molecule has 0 radical (unpaired) electrons. The number of carbonyl (C=O) groups is 1. The zero-order valence-electron chi connectivity index (χ0n) is 26.5. The lowest BCUT2D eigenvalue weighted by Crippen LogP contribution is -2.45. The van der Waals surface area contributed by atoms with Gasteiger partial charge in [-0.25, -0.2) is 0 Å². The normalized spacial score (nSPS) is 19.3. The third-order valence-corrected chi connectivity index (χ3v) is 8.47. The molecule has 9 nitrogen and oxygen atoms in total. The molecule has 0 saturated carbocycles. The van der Waals surface area contributed by atoms with Gasteiger partial charge in [0.25, 0.3) is 0 Å². The van der Waals surface area contributed by atoms with Crippen LogP contribution in [0.1, 0.15) is 27.8 Å². The number of aliphatic imine (C=N–C) groups is 1. The third-order valence-electron chi connectivity index (χ3n) is 8.14. The standard InChI is InChI=1S/C34H33ClF6N6O3/c35-26-9-5-4-8-25(26)30-28(27(50-46-30)20-43-10-11-47-12-14-49-15-13-47)32(48)31(45-42)29(22-6-2-1-3-7-22)44-19-21-16-23(33(36,37)38)18-24(17-21)34(39,40)41/h1-9,16-18,27-28,43H,10-15,19-20,42H2. The fourth-order valence-electron chi connectivity index (χ4n) is 5.63. The first-order valence-electron chi connectivity index (χ1n) is 15.6. The van der Waals surface area contributed by atoms with Gasteiger partial charge in [-0.05, 0) is 29.8 Å². The molecule has 2 atom stereocenters. The zero-order chi connectivity index (χ0) is 35.9. The van der Waals surface area contributed by atoms with E-state index < -0.39 is 53.4 Å². The van der Waals surface area contributed by atoms with Gasteiger partial charge in [-0.2, -0.15) is 31.4 Å². The third kappa shape index (κ3) is 9.07. The van der Waals surface area contributed by atoms with Gasteiger partial charge in [-0.1, -0.05) is 65.3 Å². The molecule has 2 aliphatic heterocycles. The van der Waals surface area contributed by atoms with Gasteiger partial charge in [-0.15, -0.1) is 0 Å². The average Bonchev–Trinajstić information content (AvgIpc) is 3.52. The molecule has 50 heavy (non-hydrogen) atoms. The van der Waals surface area contributed by atoms with E-state index in [1.165, 1.54) is 0 Å². The van der Waals surface area contributed by atoms with Crippen molar-refractivity contribution in [2.24, 2.45) is 27.0 Å². The molecule has 5 rings (SSSR count). The number of rotatable bonds is 12. The number of nitrogens with two attached hydrogens (primary N) is 1. The van der Waals surface area contributed by atoms with E-state index in [1.807, 2.05) is 0 Å². The van der Waals surface area contributed by atoms with E-state index in [4.69, 9.17) is 27.0 Å². The first-order chi connectivity index (χ1) is 23.9. The summed E-state index contributed by atoms with van der Waals surface area (Å²) in [6.07, 6.45) is -11.0. The van der Waals surface area contributed by atoms with E-state index in [9.17, 15) is 31.1 Å². The molecule has 3 aromatic carbocycles. The number of ether oxygens (including phenoxy) is 1. The van der Waals surface area contributed by atoms with Gasteiger partial charge in [0, 0.05) is 48.9 Å². The molecule has 0 bridgehead atoms. The number of oxime groups is 1. The van der Waals surface area contributed by atoms with Gasteiger partial charge in [0.2, 0.25) is 0 Å².